The molecule has 0 aromatic heterocycles. The second-order valence-corrected chi connectivity index (χ2v) is 4.94. The summed E-state index contributed by atoms with van der Waals surface area (Å²) in [4.78, 5) is 13.3. The predicted octanol–water partition coefficient (Wildman–Crippen LogP) is 3.32. The Morgan fingerprint density at radius 3 is 2.53 bits per heavy atom. The minimum absolute atomic E-state index is 0.0993. The van der Waals surface area contributed by atoms with Gasteiger partial charge in [0.1, 0.15) is 5.82 Å². The molecule has 3 rings (SSSR count). The molecule has 19 heavy (non-hydrogen) atoms. The van der Waals surface area contributed by atoms with Crippen molar-refractivity contribution in [2.24, 2.45) is 0 Å². The molecule has 0 bridgehead atoms. The summed E-state index contributed by atoms with van der Waals surface area (Å²) in [5.74, 6) is -0.107. The van der Waals surface area contributed by atoms with Crippen LogP contribution < -0.4 is 4.90 Å². The first-order valence-electron chi connectivity index (χ1n) is 6.22. The third kappa shape index (κ3) is 1.91. The maximum absolute atomic E-state index is 13.6. The van der Waals surface area contributed by atoms with Gasteiger partial charge < -0.3 is 4.90 Å². The van der Waals surface area contributed by atoms with Crippen molar-refractivity contribution in [3.8, 4) is 11.1 Å². The number of hydrogen-bond acceptors (Lipinski definition) is 1. The standard InChI is InChI=1S/C16H14FNO/c1-10-3-4-11(7-14(10)17)12-5-6-13-9-16(19)18(2)15(13)8-12/h3-8H,9H2,1-2H3. The number of nitrogens with zero attached hydrogens (tertiary/aromatic N) is 1. The van der Waals surface area contributed by atoms with Gasteiger partial charge in [-0.25, -0.2) is 4.39 Å². The molecule has 0 atom stereocenters. The van der Waals surface area contributed by atoms with E-state index in [1.165, 1.54) is 6.07 Å². The van der Waals surface area contributed by atoms with Gasteiger partial charge in [-0.3, -0.25) is 4.79 Å². The molecule has 1 aliphatic heterocycles. The van der Waals surface area contributed by atoms with Crippen LogP contribution in [0.2, 0.25) is 0 Å². The first kappa shape index (κ1) is 11.9. The quantitative estimate of drug-likeness (QED) is 0.765. The fourth-order valence-electron chi connectivity index (χ4n) is 2.39. The van der Waals surface area contributed by atoms with Crippen LogP contribution in [-0.2, 0) is 11.2 Å². The van der Waals surface area contributed by atoms with Gasteiger partial charge in [0.15, 0.2) is 0 Å². The average molecular weight is 255 g/mol. The molecule has 2 aromatic rings. The van der Waals surface area contributed by atoms with Crippen LogP contribution in [0.4, 0.5) is 10.1 Å². The van der Waals surface area contributed by atoms with Crippen LogP contribution in [0.1, 0.15) is 11.1 Å². The molecule has 1 aliphatic rings. The molecule has 0 radical (unpaired) electrons. The van der Waals surface area contributed by atoms with E-state index in [1.807, 2.05) is 24.3 Å². The van der Waals surface area contributed by atoms with Gasteiger partial charge in [0, 0.05) is 12.7 Å². The van der Waals surface area contributed by atoms with Gasteiger partial charge in [-0.1, -0.05) is 24.3 Å². The van der Waals surface area contributed by atoms with Crippen molar-refractivity contribution in [2.75, 3.05) is 11.9 Å². The minimum Gasteiger partial charge on any atom is -0.315 e. The van der Waals surface area contributed by atoms with E-state index in [-0.39, 0.29) is 11.7 Å². The summed E-state index contributed by atoms with van der Waals surface area (Å²) in [6.45, 7) is 1.74. The number of halogens is 1. The summed E-state index contributed by atoms with van der Waals surface area (Å²) in [5.41, 5.74) is 4.35. The van der Waals surface area contributed by atoms with Crippen LogP contribution in [0.5, 0.6) is 0 Å². The minimum atomic E-state index is -0.206. The van der Waals surface area contributed by atoms with Crippen LogP contribution >= 0.6 is 0 Å². The summed E-state index contributed by atoms with van der Waals surface area (Å²) in [7, 11) is 1.77. The second kappa shape index (κ2) is 4.19. The fraction of sp³-hybridized carbons (Fsp3) is 0.188. The number of carbonyl (C=O) groups excluding carboxylic acids is 1. The zero-order chi connectivity index (χ0) is 13.6. The Labute approximate surface area is 111 Å². The Morgan fingerprint density at radius 2 is 1.79 bits per heavy atom. The van der Waals surface area contributed by atoms with Crippen LogP contribution in [0.3, 0.4) is 0 Å². The maximum Gasteiger partial charge on any atom is 0.231 e. The summed E-state index contributed by atoms with van der Waals surface area (Å²) in [6.07, 6.45) is 0.453. The number of amides is 1. The van der Waals surface area contributed by atoms with E-state index in [4.69, 9.17) is 0 Å². The van der Waals surface area contributed by atoms with Crippen LogP contribution in [0.25, 0.3) is 11.1 Å². The largest absolute Gasteiger partial charge is 0.315 e. The highest BCUT2D eigenvalue weighted by Gasteiger charge is 2.24. The lowest BCUT2D eigenvalue weighted by Crippen LogP contribution is -2.20. The monoisotopic (exact) mass is 255 g/mol. The Bertz CT molecular complexity index is 678. The zero-order valence-electron chi connectivity index (χ0n) is 10.9. The number of aryl methyl sites for hydroxylation is 1. The van der Waals surface area contributed by atoms with Crippen molar-refractivity contribution in [3.63, 3.8) is 0 Å². The highest BCUT2D eigenvalue weighted by atomic mass is 19.1. The number of rotatable bonds is 1. The Morgan fingerprint density at radius 1 is 1.11 bits per heavy atom. The lowest BCUT2D eigenvalue weighted by Gasteiger charge is -2.12. The lowest BCUT2D eigenvalue weighted by molar-refractivity contribution is -0.117. The average Bonchev–Trinajstić information content (AvgIpc) is 2.68. The molecular formula is C16H14FNO. The fourth-order valence-corrected chi connectivity index (χ4v) is 2.39. The molecule has 0 aliphatic carbocycles. The summed E-state index contributed by atoms with van der Waals surface area (Å²) >= 11 is 0. The molecule has 2 aromatic carbocycles. The smallest absolute Gasteiger partial charge is 0.231 e. The van der Waals surface area contributed by atoms with Gasteiger partial charge in [0.2, 0.25) is 5.91 Å². The number of hydrogen-bond donors (Lipinski definition) is 0. The molecule has 0 fully saturated rings. The van der Waals surface area contributed by atoms with Crippen molar-refractivity contribution >= 4 is 11.6 Å². The van der Waals surface area contributed by atoms with E-state index in [2.05, 4.69) is 0 Å². The number of anilines is 1. The van der Waals surface area contributed by atoms with Gasteiger partial charge in [0.05, 0.1) is 6.42 Å². The highest BCUT2D eigenvalue weighted by Crippen LogP contribution is 2.32. The molecule has 2 nitrogen and oxygen atoms in total. The van der Waals surface area contributed by atoms with Crippen molar-refractivity contribution in [2.45, 2.75) is 13.3 Å². The molecule has 0 unspecified atom stereocenters. The molecule has 1 heterocycles. The Kier molecular flexibility index (Phi) is 2.63. The SMILES string of the molecule is Cc1ccc(-c2ccc3c(c2)N(C)C(=O)C3)cc1F. The van der Waals surface area contributed by atoms with Gasteiger partial charge >= 0.3 is 0 Å². The molecule has 0 saturated heterocycles. The molecule has 0 spiro atoms. The number of carbonyl (C=O) groups is 1. The van der Waals surface area contributed by atoms with Gasteiger partial charge in [-0.05, 0) is 41.3 Å². The lowest BCUT2D eigenvalue weighted by atomic mass is 10.0. The van der Waals surface area contributed by atoms with E-state index in [9.17, 15) is 9.18 Å². The topological polar surface area (TPSA) is 20.3 Å². The number of fused-ring (bicyclic) bond motifs is 1. The summed E-state index contributed by atoms with van der Waals surface area (Å²) in [5, 5.41) is 0. The van der Waals surface area contributed by atoms with Crippen molar-refractivity contribution < 1.29 is 9.18 Å². The summed E-state index contributed by atoms with van der Waals surface area (Å²) < 4.78 is 13.6. The number of benzene rings is 2. The van der Waals surface area contributed by atoms with E-state index < -0.39 is 0 Å². The second-order valence-electron chi connectivity index (χ2n) is 4.94. The van der Waals surface area contributed by atoms with Crippen LogP contribution in [0.15, 0.2) is 36.4 Å². The maximum atomic E-state index is 13.6. The van der Waals surface area contributed by atoms with Gasteiger partial charge in [-0.2, -0.15) is 0 Å². The molecule has 96 valence electrons. The van der Waals surface area contributed by atoms with Crippen LogP contribution in [0, 0.1) is 12.7 Å². The van der Waals surface area contributed by atoms with Crippen molar-refractivity contribution in [1.29, 1.82) is 0 Å². The number of likely N-dealkylation sites (N-methyl/N-ethyl adjacent to an activating group) is 1. The highest BCUT2D eigenvalue weighted by molar-refractivity contribution is 6.01. The van der Waals surface area contributed by atoms with Crippen molar-refractivity contribution in [3.05, 3.63) is 53.3 Å². The molecule has 1 amide bonds. The Balaban J connectivity index is 2.08. The zero-order valence-corrected chi connectivity index (χ0v) is 10.9. The molecule has 0 N–H and O–H groups in total. The first-order chi connectivity index (χ1) is 9.06. The van der Waals surface area contributed by atoms with E-state index >= 15 is 0 Å². The van der Waals surface area contributed by atoms with Crippen LogP contribution in [-0.4, -0.2) is 13.0 Å². The van der Waals surface area contributed by atoms with E-state index in [0.717, 1.165) is 22.4 Å². The molecule has 3 heteroatoms. The van der Waals surface area contributed by atoms with Crippen molar-refractivity contribution in [1.82, 2.24) is 0 Å². The first-order valence-corrected chi connectivity index (χ1v) is 6.22. The predicted molar refractivity (Wildman–Crippen MR) is 73.7 cm³/mol. The van der Waals surface area contributed by atoms with E-state index in [0.29, 0.717) is 12.0 Å². The Hall–Kier alpha value is -2.16. The third-order valence-corrected chi connectivity index (χ3v) is 3.67. The molecular weight excluding hydrogens is 241 g/mol. The normalized spacial score (nSPS) is 13.8. The summed E-state index contributed by atoms with van der Waals surface area (Å²) in [6, 6.07) is 11.0. The van der Waals surface area contributed by atoms with E-state index in [1.54, 1.807) is 24.9 Å². The van der Waals surface area contributed by atoms with Gasteiger partial charge in [0.25, 0.3) is 0 Å². The van der Waals surface area contributed by atoms with Gasteiger partial charge in [-0.15, -0.1) is 0 Å². The molecule has 0 saturated carbocycles. The third-order valence-electron chi connectivity index (χ3n) is 3.67.